The number of carboxylic acids is 2. The molecular formula is C12H17NO4. The maximum Gasteiger partial charge on any atom is 0.331 e. The van der Waals surface area contributed by atoms with Crippen LogP contribution in [0.3, 0.4) is 0 Å². The van der Waals surface area contributed by atoms with E-state index in [0.717, 1.165) is 0 Å². The molecule has 0 aliphatic heterocycles. The van der Waals surface area contributed by atoms with Crippen LogP contribution in [-0.2, 0) is 9.59 Å². The Morgan fingerprint density at radius 3 is 2.41 bits per heavy atom. The molecule has 1 rings (SSSR count). The number of rotatable bonds is 4. The standard InChI is InChI=1S/C12H17NO4/c1-8-4-9(10(14)15)6-12(5-8,11(16)17)7-13(2)3/h4-5H,6-7H2,1-3H3,(H,14,15)(H,16,17). The Balaban J connectivity index is 3.15. The molecule has 0 saturated carbocycles. The summed E-state index contributed by atoms with van der Waals surface area (Å²) in [5.74, 6) is -2.04. The van der Waals surface area contributed by atoms with Crippen LogP contribution >= 0.6 is 0 Å². The van der Waals surface area contributed by atoms with E-state index < -0.39 is 17.4 Å². The number of carbonyl (C=O) groups is 2. The van der Waals surface area contributed by atoms with Gasteiger partial charge in [0.05, 0.1) is 0 Å². The third kappa shape index (κ3) is 2.94. The molecule has 5 nitrogen and oxygen atoms in total. The van der Waals surface area contributed by atoms with Crippen molar-refractivity contribution in [1.29, 1.82) is 0 Å². The molecule has 0 bridgehead atoms. The predicted octanol–water partition coefficient (Wildman–Crippen LogP) is 0.980. The first-order chi connectivity index (χ1) is 7.77. The predicted molar refractivity (Wildman–Crippen MR) is 62.7 cm³/mol. The van der Waals surface area contributed by atoms with Gasteiger partial charge in [0, 0.05) is 18.5 Å². The minimum absolute atomic E-state index is 0.0210. The van der Waals surface area contributed by atoms with E-state index in [2.05, 4.69) is 0 Å². The van der Waals surface area contributed by atoms with Gasteiger partial charge in [-0.15, -0.1) is 0 Å². The van der Waals surface area contributed by atoms with E-state index in [1.165, 1.54) is 6.08 Å². The molecule has 0 fully saturated rings. The summed E-state index contributed by atoms with van der Waals surface area (Å²) in [6, 6.07) is 0. The van der Waals surface area contributed by atoms with Gasteiger partial charge < -0.3 is 15.1 Å². The first-order valence-electron chi connectivity index (χ1n) is 5.28. The highest BCUT2D eigenvalue weighted by Crippen LogP contribution is 2.35. The molecule has 0 heterocycles. The number of hydrogen-bond donors (Lipinski definition) is 2. The minimum atomic E-state index is -1.14. The van der Waals surface area contributed by atoms with Crippen LogP contribution in [0, 0.1) is 5.41 Å². The molecule has 0 amide bonds. The zero-order chi connectivity index (χ0) is 13.2. The summed E-state index contributed by atoms with van der Waals surface area (Å²) in [7, 11) is 3.54. The lowest BCUT2D eigenvalue weighted by Gasteiger charge is -2.32. The second-order valence-electron chi connectivity index (χ2n) is 4.74. The summed E-state index contributed by atoms with van der Waals surface area (Å²) >= 11 is 0. The van der Waals surface area contributed by atoms with Crippen molar-refractivity contribution in [2.45, 2.75) is 13.3 Å². The van der Waals surface area contributed by atoms with Crippen LogP contribution in [-0.4, -0.2) is 47.7 Å². The van der Waals surface area contributed by atoms with Crippen molar-refractivity contribution < 1.29 is 19.8 Å². The topological polar surface area (TPSA) is 77.8 Å². The molecule has 0 aromatic carbocycles. The minimum Gasteiger partial charge on any atom is -0.481 e. The quantitative estimate of drug-likeness (QED) is 0.764. The van der Waals surface area contributed by atoms with Crippen molar-refractivity contribution in [3.63, 3.8) is 0 Å². The largest absolute Gasteiger partial charge is 0.481 e. The number of allylic oxidation sites excluding steroid dienone is 2. The summed E-state index contributed by atoms with van der Waals surface area (Å²) < 4.78 is 0. The average Bonchev–Trinajstić information content (AvgIpc) is 2.14. The zero-order valence-electron chi connectivity index (χ0n) is 10.2. The van der Waals surface area contributed by atoms with Gasteiger partial charge in [-0.2, -0.15) is 0 Å². The molecule has 0 spiro atoms. The highest BCUT2D eigenvalue weighted by molar-refractivity contribution is 5.90. The van der Waals surface area contributed by atoms with E-state index in [1.807, 2.05) is 0 Å². The summed E-state index contributed by atoms with van der Waals surface area (Å²) in [6.45, 7) is 2.00. The van der Waals surface area contributed by atoms with Crippen LogP contribution in [0.4, 0.5) is 0 Å². The maximum absolute atomic E-state index is 11.4. The van der Waals surface area contributed by atoms with Crippen molar-refractivity contribution in [2.24, 2.45) is 5.41 Å². The van der Waals surface area contributed by atoms with Crippen LogP contribution < -0.4 is 0 Å². The molecular weight excluding hydrogens is 222 g/mol. The van der Waals surface area contributed by atoms with E-state index in [0.29, 0.717) is 5.57 Å². The number of aliphatic carboxylic acids is 2. The molecule has 1 atom stereocenters. The third-order valence-corrected chi connectivity index (χ3v) is 2.71. The fourth-order valence-corrected chi connectivity index (χ4v) is 2.20. The molecule has 1 aliphatic rings. The zero-order valence-corrected chi connectivity index (χ0v) is 10.2. The molecule has 0 radical (unpaired) electrons. The van der Waals surface area contributed by atoms with Crippen molar-refractivity contribution in [2.75, 3.05) is 20.6 Å². The number of nitrogens with zero attached hydrogens (tertiary/aromatic N) is 1. The van der Waals surface area contributed by atoms with Gasteiger partial charge in [0.1, 0.15) is 5.41 Å². The molecule has 0 aromatic rings. The van der Waals surface area contributed by atoms with Gasteiger partial charge in [-0.05, 0) is 27.1 Å². The molecule has 0 aromatic heterocycles. The van der Waals surface area contributed by atoms with Gasteiger partial charge in [0.25, 0.3) is 0 Å². The molecule has 1 unspecified atom stereocenters. The van der Waals surface area contributed by atoms with Gasteiger partial charge in [-0.3, -0.25) is 4.79 Å². The molecule has 1 aliphatic carbocycles. The van der Waals surface area contributed by atoms with Crippen LogP contribution in [0.5, 0.6) is 0 Å². The lowest BCUT2D eigenvalue weighted by molar-refractivity contribution is -0.147. The first kappa shape index (κ1) is 13.4. The highest BCUT2D eigenvalue weighted by Gasteiger charge is 2.40. The fraction of sp³-hybridized carbons (Fsp3) is 0.500. The van der Waals surface area contributed by atoms with Crippen molar-refractivity contribution >= 4 is 11.9 Å². The van der Waals surface area contributed by atoms with Crippen molar-refractivity contribution in [3.8, 4) is 0 Å². The van der Waals surface area contributed by atoms with Gasteiger partial charge in [0.2, 0.25) is 0 Å². The highest BCUT2D eigenvalue weighted by atomic mass is 16.4. The monoisotopic (exact) mass is 239 g/mol. The molecule has 0 saturated heterocycles. The van der Waals surface area contributed by atoms with Crippen LogP contribution in [0.25, 0.3) is 0 Å². The number of hydrogen-bond acceptors (Lipinski definition) is 3. The Kier molecular flexibility index (Phi) is 3.72. The molecule has 94 valence electrons. The molecule has 5 heteroatoms. The fourth-order valence-electron chi connectivity index (χ4n) is 2.20. The second kappa shape index (κ2) is 4.71. The van der Waals surface area contributed by atoms with Gasteiger partial charge in [-0.25, -0.2) is 4.79 Å². The summed E-state index contributed by atoms with van der Waals surface area (Å²) in [5.41, 5.74) is -0.317. The summed E-state index contributed by atoms with van der Waals surface area (Å²) in [4.78, 5) is 24.2. The second-order valence-corrected chi connectivity index (χ2v) is 4.74. The SMILES string of the molecule is CC1=CC(CN(C)C)(C(=O)O)CC(C(=O)O)=C1. The Bertz CT molecular complexity index is 409. The van der Waals surface area contributed by atoms with Crippen molar-refractivity contribution in [1.82, 2.24) is 4.90 Å². The van der Waals surface area contributed by atoms with E-state index in [1.54, 1.807) is 32.0 Å². The Morgan fingerprint density at radius 2 is 2.00 bits per heavy atom. The van der Waals surface area contributed by atoms with E-state index in [9.17, 15) is 14.7 Å². The third-order valence-electron chi connectivity index (χ3n) is 2.71. The Hall–Kier alpha value is -1.62. The molecule has 17 heavy (non-hydrogen) atoms. The smallest absolute Gasteiger partial charge is 0.331 e. The summed E-state index contributed by atoms with van der Waals surface area (Å²) in [5, 5.41) is 18.4. The van der Waals surface area contributed by atoms with Gasteiger partial charge in [-0.1, -0.05) is 11.6 Å². The lowest BCUT2D eigenvalue weighted by Crippen LogP contribution is -2.41. The van der Waals surface area contributed by atoms with E-state index in [4.69, 9.17) is 5.11 Å². The van der Waals surface area contributed by atoms with Crippen LogP contribution in [0.1, 0.15) is 13.3 Å². The first-order valence-corrected chi connectivity index (χ1v) is 5.28. The van der Waals surface area contributed by atoms with Crippen LogP contribution in [0.15, 0.2) is 23.3 Å². The van der Waals surface area contributed by atoms with Gasteiger partial charge in [0.15, 0.2) is 0 Å². The number of carboxylic acid groups (broad SMARTS) is 2. The van der Waals surface area contributed by atoms with E-state index >= 15 is 0 Å². The van der Waals surface area contributed by atoms with E-state index in [-0.39, 0.29) is 18.5 Å². The average molecular weight is 239 g/mol. The Labute approximate surface area is 100 Å². The normalized spacial score (nSPS) is 24.2. The van der Waals surface area contributed by atoms with Crippen LogP contribution in [0.2, 0.25) is 0 Å². The summed E-state index contributed by atoms with van der Waals surface area (Å²) in [6.07, 6.45) is 3.19. The van der Waals surface area contributed by atoms with Crippen molar-refractivity contribution in [3.05, 3.63) is 23.3 Å². The maximum atomic E-state index is 11.4. The lowest BCUT2D eigenvalue weighted by atomic mass is 9.76. The van der Waals surface area contributed by atoms with Gasteiger partial charge >= 0.3 is 11.9 Å². The Morgan fingerprint density at radius 1 is 1.41 bits per heavy atom. The molecule has 2 N–H and O–H groups in total.